The number of alkyl halides is 3. The van der Waals surface area contributed by atoms with E-state index in [0.717, 1.165) is 17.7 Å². The van der Waals surface area contributed by atoms with Crippen LogP contribution in [0, 0.1) is 0 Å². The van der Waals surface area contributed by atoms with Crippen LogP contribution in [-0.2, 0) is 23.8 Å². The summed E-state index contributed by atoms with van der Waals surface area (Å²) in [4.78, 5) is 22.5. The number of hydrogen-bond acceptors (Lipinski definition) is 2. The molecule has 25 heavy (non-hydrogen) atoms. The van der Waals surface area contributed by atoms with Gasteiger partial charge < -0.3 is 10.4 Å². The molecule has 0 fully saturated rings. The third kappa shape index (κ3) is 5.63. The number of halogens is 3. The van der Waals surface area contributed by atoms with E-state index in [-0.39, 0.29) is 18.5 Å². The smallest absolute Gasteiger partial charge is 0.416 e. The highest BCUT2D eigenvalue weighted by Crippen LogP contribution is 2.29. The summed E-state index contributed by atoms with van der Waals surface area (Å²) in [6, 6.07) is 11.1. The molecule has 4 nitrogen and oxygen atoms in total. The Balaban J connectivity index is 1.89. The SMILES string of the molecule is O=C(O)Cc1ccc(CCNC(=O)c2cccc(C(F)(F)F)c2)cc1. The van der Waals surface area contributed by atoms with E-state index < -0.39 is 23.6 Å². The Morgan fingerprint density at radius 3 is 2.24 bits per heavy atom. The maximum absolute atomic E-state index is 12.6. The number of hydrogen-bond donors (Lipinski definition) is 2. The maximum Gasteiger partial charge on any atom is 0.416 e. The zero-order valence-electron chi connectivity index (χ0n) is 13.1. The van der Waals surface area contributed by atoms with Gasteiger partial charge in [0.05, 0.1) is 12.0 Å². The van der Waals surface area contributed by atoms with Crippen molar-refractivity contribution in [3.8, 4) is 0 Å². The largest absolute Gasteiger partial charge is 0.481 e. The van der Waals surface area contributed by atoms with E-state index in [1.807, 2.05) is 0 Å². The molecule has 2 rings (SSSR count). The molecule has 0 aromatic heterocycles. The van der Waals surface area contributed by atoms with Gasteiger partial charge in [0.2, 0.25) is 0 Å². The third-order valence-corrected chi connectivity index (χ3v) is 3.53. The Bertz CT molecular complexity index is 755. The van der Waals surface area contributed by atoms with Gasteiger partial charge in [0.25, 0.3) is 5.91 Å². The van der Waals surface area contributed by atoms with Crippen LogP contribution in [0.3, 0.4) is 0 Å². The van der Waals surface area contributed by atoms with E-state index in [4.69, 9.17) is 5.11 Å². The molecular formula is C18H16F3NO3. The minimum atomic E-state index is -4.49. The fourth-order valence-electron chi connectivity index (χ4n) is 2.26. The van der Waals surface area contributed by atoms with Crippen LogP contribution >= 0.6 is 0 Å². The highest BCUT2D eigenvalue weighted by atomic mass is 19.4. The van der Waals surface area contributed by atoms with Gasteiger partial charge in [-0.3, -0.25) is 9.59 Å². The summed E-state index contributed by atoms with van der Waals surface area (Å²) < 4.78 is 37.9. The first-order chi connectivity index (χ1) is 11.8. The van der Waals surface area contributed by atoms with Gasteiger partial charge >= 0.3 is 12.1 Å². The number of amides is 1. The van der Waals surface area contributed by atoms with E-state index in [1.54, 1.807) is 24.3 Å². The van der Waals surface area contributed by atoms with Crippen molar-refractivity contribution >= 4 is 11.9 Å². The molecule has 0 unspecified atom stereocenters. The minimum absolute atomic E-state index is 0.0494. The minimum Gasteiger partial charge on any atom is -0.481 e. The lowest BCUT2D eigenvalue weighted by atomic mass is 10.1. The Morgan fingerprint density at radius 1 is 1.00 bits per heavy atom. The molecule has 0 saturated carbocycles. The molecule has 132 valence electrons. The van der Waals surface area contributed by atoms with E-state index in [0.29, 0.717) is 12.0 Å². The molecule has 0 atom stereocenters. The number of carbonyl (C=O) groups is 2. The van der Waals surface area contributed by atoms with Crippen LogP contribution in [0.1, 0.15) is 27.0 Å². The van der Waals surface area contributed by atoms with Gasteiger partial charge in [-0.2, -0.15) is 13.2 Å². The summed E-state index contributed by atoms with van der Waals surface area (Å²) in [7, 11) is 0. The molecule has 0 bridgehead atoms. The van der Waals surface area contributed by atoms with Crippen molar-refractivity contribution in [2.45, 2.75) is 19.0 Å². The van der Waals surface area contributed by atoms with E-state index in [1.165, 1.54) is 12.1 Å². The number of carboxylic acid groups (broad SMARTS) is 1. The molecule has 2 aromatic rings. The average molecular weight is 351 g/mol. The number of nitrogens with one attached hydrogen (secondary N) is 1. The van der Waals surface area contributed by atoms with Crippen molar-refractivity contribution in [3.05, 3.63) is 70.8 Å². The molecule has 0 heterocycles. The summed E-state index contributed by atoms with van der Waals surface area (Å²) >= 11 is 0. The van der Waals surface area contributed by atoms with Crippen LogP contribution in [0.2, 0.25) is 0 Å². The second-order valence-electron chi connectivity index (χ2n) is 5.47. The van der Waals surface area contributed by atoms with Gasteiger partial charge in [-0.1, -0.05) is 30.3 Å². The molecule has 0 aliphatic heterocycles. The Labute approximate surface area is 142 Å². The summed E-state index contributed by atoms with van der Waals surface area (Å²) in [5, 5.41) is 11.3. The summed E-state index contributed by atoms with van der Waals surface area (Å²) in [6.07, 6.45) is -4.07. The van der Waals surface area contributed by atoms with Crippen molar-refractivity contribution in [2.24, 2.45) is 0 Å². The lowest BCUT2D eigenvalue weighted by molar-refractivity contribution is -0.138. The molecule has 1 amide bonds. The first kappa shape index (κ1) is 18.5. The molecule has 7 heteroatoms. The number of rotatable bonds is 6. The van der Waals surface area contributed by atoms with Crippen LogP contribution < -0.4 is 5.32 Å². The maximum atomic E-state index is 12.6. The number of carbonyl (C=O) groups excluding carboxylic acids is 1. The van der Waals surface area contributed by atoms with E-state index in [2.05, 4.69) is 5.32 Å². The highest BCUT2D eigenvalue weighted by Gasteiger charge is 2.30. The van der Waals surface area contributed by atoms with Crippen LogP contribution in [0.5, 0.6) is 0 Å². The fourth-order valence-corrected chi connectivity index (χ4v) is 2.26. The van der Waals surface area contributed by atoms with Crippen molar-refractivity contribution in [1.29, 1.82) is 0 Å². The van der Waals surface area contributed by atoms with Gasteiger partial charge in [-0.25, -0.2) is 0 Å². The van der Waals surface area contributed by atoms with Crippen molar-refractivity contribution in [2.75, 3.05) is 6.54 Å². The van der Waals surface area contributed by atoms with Gasteiger partial charge in [-0.15, -0.1) is 0 Å². The Kier molecular flexibility index (Phi) is 5.80. The Morgan fingerprint density at radius 2 is 1.64 bits per heavy atom. The second-order valence-corrected chi connectivity index (χ2v) is 5.47. The zero-order chi connectivity index (χ0) is 18.4. The molecular weight excluding hydrogens is 335 g/mol. The molecule has 0 saturated heterocycles. The summed E-state index contributed by atoms with van der Waals surface area (Å²) in [5.74, 6) is -1.49. The van der Waals surface area contributed by atoms with Crippen LogP contribution in [0.15, 0.2) is 48.5 Å². The molecule has 0 spiro atoms. The Hall–Kier alpha value is -2.83. The zero-order valence-corrected chi connectivity index (χ0v) is 13.1. The molecule has 2 aromatic carbocycles. The van der Waals surface area contributed by atoms with Gasteiger partial charge in [-0.05, 0) is 35.7 Å². The van der Waals surface area contributed by atoms with Crippen molar-refractivity contribution < 1.29 is 27.9 Å². The first-order valence-electron chi connectivity index (χ1n) is 7.51. The highest BCUT2D eigenvalue weighted by molar-refractivity contribution is 5.94. The lowest BCUT2D eigenvalue weighted by Gasteiger charge is -2.09. The third-order valence-electron chi connectivity index (χ3n) is 3.53. The predicted molar refractivity (Wildman–Crippen MR) is 85.3 cm³/mol. The standard InChI is InChI=1S/C18H16F3NO3/c19-18(20,21)15-3-1-2-14(11-15)17(25)22-9-8-12-4-6-13(7-5-12)10-16(23)24/h1-7,11H,8-10H2,(H,22,25)(H,23,24). The van der Waals surface area contributed by atoms with Crippen LogP contribution in [-0.4, -0.2) is 23.5 Å². The van der Waals surface area contributed by atoms with Crippen molar-refractivity contribution in [1.82, 2.24) is 5.32 Å². The van der Waals surface area contributed by atoms with E-state index in [9.17, 15) is 22.8 Å². The lowest BCUT2D eigenvalue weighted by Crippen LogP contribution is -2.26. The molecule has 2 N–H and O–H groups in total. The monoisotopic (exact) mass is 351 g/mol. The predicted octanol–water partition coefficient (Wildman–Crippen LogP) is 3.31. The fraction of sp³-hybridized carbons (Fsp3) is 0.222. The van der Waals surface area contributed by atoms with Gasteiger partial charge in [0.15, 0.2) is 0 Å². The molecule has 0 aliphatic rings. The normalized spacial score (nSPS) is 11.2. The van der Waals surface area contributed by atoms with E-state index >= 15 is 0 Å². The quantitative estimate of drug-likeness (QED) is 0.839. The second kappa shape index (κ2) is 7.83. The van der Waals surface area contributed by atoms with Gasteiger partial charge in [0, 0.05) is 12.1 Å². The number of carboxylic acids is 1. The van der Waals surface area contributed by atoms with Crippen LogP contribution in [0.4, 0.5) is 13.2 Å². The molecule has 0 aliphatic carbocycles. The van der Waals surface area contributed by atoms with Gasteiger partial charge in [0.1, 0.15) is 0 Å². The molecule has 0 radical (unpaired) electrons. The number of benzene rings is 2. The first-order valence-corrected chi connectivity index (χ1v) is 7.51. The summed E-state index contributed by atoms with van der Waals surface area (Å²) in [6.45, 7) is 0.257. The van der Waals surface area contributed by atoms with Crippen molar-refractivity contribution in [3.63, 3.8) is 0 Å². The summed E-state index contributed by atoms with van der Waals surface area (Å²) in [5.41, 5.74) is 0.642. The van der Waals surface area contributed by atoms with Crippen LogP contribution in [0.25, 0.3) is 0 Å². The number of aliphatic carboxylic acids is 1. The topological polar surface area (TPSA) is 66.4 Å². The average Bonchev–Trinajstić information content (AvgIpc) is 2.55.